The molecule has 0 aromatic heterocycles. The van der Waals surface area contributed by atoms with Crippen LogP contribution in [0.25, 0.3) is 0 Å². The molecule has 2 N–H and O–H groups in total. The summed E-state index contributed by atoms with van der Waals surface area (Å²) in [7, 11) is 0. The molecule has 0 aromatic carbocycles. The highest BCUT2D eigenvalue weighted by Crippen LogP contribution is 2.36. The second-order valence-electron chi connectivity index (χ2n) is 4.62. The van der Waals surface area contributed by atoms with Crippen molar-refractivity contribution in [1.82, 2.24) is 4.90 Å². The van der Waals surface area contributed by atoms with Gasteiger partial charge < -0.3 is 5.73 Å². The van der Waals surface area contributed by atoms with Gasteiger partial charge in [-0.2, -0.15) is 5.26 Å². The molecule has 3 nitrogen and oxygen atoms in total. The van der Waals surface area contributed by atoms with Crippen LogP contribution in [0.5, 0.6) is 0 Å². The van der Waals surface area contributed by atoms with Gasteiger partial charge in [-0.05, 0) is 32.1 Å². The molecule has 2 bridgehead atoms. The average molecular weight is 193 g/mol. The smallest absolute Gasteiger partial charge is 0.0980 e. The fourth-order valence-corrected chi connectivity index (χ4v) is 3.13. The first-order chi connectivity index (χ1) is 6.76. The number of nitrogens with zero attached hydrogens (tertiary/aromatic N) is 2. The SMILES string of the molecule is CCC(C#N)N1C2CCC1CC(N)C2. The normalized spacial score (nSPS) is 39.4. The summed E-state index contributed by atoms with van der Waals surface area (Å²) in [6, 6.07) is 4.10. The van der Waals surface area contributed by atoms with Gasteiger partial charge in [0.1, 0.15) is 0 Å². The predicted octanol–water partition coefficient (Wildman–Crippen LogP) is 1.24. The van der Waals surface area contributed by atoms with Crippen molar-refractivity contribution < 1.29 is 0 Å². The third-order valence-electron chi connectivity index (χ3n) is 3.72. The maximum atomic E-state index is 9.08. The van der Waals surface area contributed by atoms with Gasteiger partial charge in [0.25, 0.3) is 0 Å². The van der Waals surface area contributed by atoms with E-state index in [-0.39, 0.29) is 6.04 Å². The van der Waals surface area contributed by atoms with Gasteiger partial charge in [0.05, 0.1) is 12.1 Å². The van der Waals surface area contributed by atoms with Gasteiger partial charge >= 0.3 is 0 Å². The molecule has 2 aliphatic heterocycles. The molecule has 0 aliphatic carbocycles. The van der Waals surface area contributed by atoms with Crippen LogP contribution in [0.4, 0.5) is 0 Å². The van der Waals surface area contributed by atoms with Crippen molar-refractivity contribution in [3.63, 3.8) is 0 Å². The maximum Gasteiger partial charge on any atom is 0.0980 e. The van der Waals surface area contributed by atoms with Gasteiger partial charge in [0.15, 0.2) is 0 Å². The standard InChI is InChI=1S/C11H19N3/c1-2-9(7-12)14-10-3-4-11(14)6-8(13)5-10/h8-11H,2-6,13H2,1H3. The third kappa shape index (κ3) is 1.53. The number of nitriles is 1. The molecular weight excluding hydrogens is 174 g/mol. The van der Waals surface area contributed by atoms with Gasteiger partial charge in [0.2, 0.25) is 0 Å². The third-order valence-corrected chi connectivity index (χ3v) is 3.72. The molecular formula is C11H19N3. The molecule has 0 radical (unpaired) electrons. The van der Waals surface area contributed by atoms with Crippen molar-refractivity contribution in [2.75, 3.05) is 0 Å². The molecule has 3 atom stereocenters. The molecule has 2 saturated heterocycles. The van der Waals surface area contributed by atoms with Crippen LogP contribution in [0.2, 0.25) is 0 Å². The zero-order valence-corrected chi connectivity index (χ0v) is 8.82. The van der Waals surface area contributed by atoms with Gasteiger partial charge in [-0.3, -0.25) is 4.90 Å². The lowest BCUT2D eigenvalue weighted by Gasteiger charge is -2.40. The fourth-order valence-electron chi connectivity index (χ4n) is 3.13. The largest absolute Gasteiger partial charge is 0.328 e. The Morgan fingerprint density at radius 3 is 2.43 bits per heavy atom. The molecule has 2 heterocycles. The summed E-state index contributed by atoms with van der Waals surface area (Å²) in [5.41, 5.74) is 5.99. The van der Waals surface area contributed by atoms with E-state index in [1.165, 1.54) is 12.8 Å². The van der Waals surface area contributed by atoms with Crippen LogP contribution < -0.4 is 5.73 Å². The van der Waals surface area contributed by atoms with Gasteiger partial charge in [-0.1, -0.05) is 6.92 Å². The Morgan fingerprint density at radius 1 is 1.43 bits per heavy atom. The Bertz CT molecular complexity index is 231. The van der Waals surface area contributed by atoms with Crippen molar-refractivity contribution in [1.29, 1.82) is 5.26 Å². The zero-order valence-electron chi connectivity index (χ0n) is 8.82. The highest BCUT2D eigenvalue weighted by Gasteiger charge is 2.42. The second-order valence-corrected chi connectivity index (χ2v) is 4.62. The summed E-state index contributed by atoms with van der Waals surface area (Å²) in [5, 5.41) is 9.08. The van der Waals surface area contributed by atoms with Gasteiger partial charge in [0, 0.05) is 18.1 Å². The van der Waals surface area contributed by atoms with Crippen molar-refractivity contribution >= 4 is 0 Å². The van der Waals surface area contributed by atoms with Crippen molar-refractivity contribution in [3.05, 3.63) is 0 Å². The van der Waals surface area contributed by atoms with E-state index in [1.54, 1.807) is 0 Å². The number of hydrogen-bond acceptors (Lipinski definition) is 3. The van der Waals surface area contributed by atoms with Crippen LogP contribution in [0.15, 0.2) is 0 Å². The lowest BCUT2D eigenvalue weighted by molar-refractivity contribution is 0.0993. The lowest BCUT2D eigenvalue weighted by Crippen LogP contribution is -2.51. The Kier molecular flexibility index (Phi) is 2.76. The summed E-state index contributed by atoms with van der Waals surface area (Å²) in [6.07, 6.45) is 5.62. The Labute approximate surface area is 85.9 Å². The molecule has 0 saturated carbocycles. The van der Waals surface area contributed by atoms with E-state index in [1.807, 2.05) is 0 Å². The van der Waals surface area contributed by atoms with E-state index in [2.05, 4.69) is 17.9 Å². The first kappa shape index (κ1) is 9.95. The summed E-state index contributed by atoms with van der Waals surface area (Å²) in [4.78, 5) is 2.43. The summed E-state index contributed by atoms with van der Waals surface area (Å²) < 4.78 is 0. The lowest BCUT2D eigenvalue weighted by atomic mass is 9.96. The van der Waals surface area contributed by atoms with Crippen LogP contribution in [-0.4, -0.2) is 29.1 Å². The molecule has 78 valence electrons. The molecule has 0 spiro atoms. The van der Waals surface area contributed by atoms with Gasteiger partial charge in [-0.15, -0.1) is 0 Å². The number of nitrogens with two attached hydrogens (primary N) is 1. The van der Waals surface area contributed by atoms with E-state index in [0.29, 0.717) is 18.1 Å². The molecule has 2 aliphatic rings. The predicted molar refractivity (Wildman–Crippen MR) is 55.6 cm³/mol. The average Bonchev–Trinajstić information content (AvgIpc) is 2.45. The first-order valence-electron chi connectivity index (χ1n) is 5.69. The number of hydrogen-bond donors (Lipinski definition) is 1. The molecule has 2 fully saturated rings. The number of rotatable bonds is 2. The summed E-state index contributed by atoms with van der Waals surface area (Å²) >= 11 is 0. The minimum absolute atomic E-state index is 0.125. The maximum absolute atomic E-state index is 9.08. The van der Waals surface area contributed by atoms with Crippen LogP contribution in [-0.2, 0) is 0 Å². The topological polar surface area (TPSA) is 53.0 Å². The van der Waals surface area contributed by atoms with Crippen LogP contribution in [0, 0.1) is 11.3 Å². The fraction of sp³-hybridized carbons (Fsp3) is 0.909. The Balaban J connectivity index is 2.11. The van der Waals surface area contributed by atoms with Crippen molar-refractivity contribution in [2.24, 2.45) is 5.73 Å². The Morgan fingerprint density at radius 2 is 2.00 bits per heavy atom. The first-order valence-corrected chi connectivity index (χ1v) is 5.69. The quantitative estimate of drug-likeness (QED) is 0.718. The molecule has 14 heavy (non-hydrogen) atoms. The minimum atomic E-state index is 0.125. The van der Waals surface area contributed by atoms with Crippen LogP contribution in [0.3, 0.4) is 0 Å². The summed E-state index contributed by atoms with van der Waals surface area (Å²) in [5.74, 6) is 0. The monoisotopic (exact) mass is 193 g/mol. The van der Waals surface area contributed by atoms with Crippen LogP contribution in [0.1, 0.15) is 39.0 Å². The van der Waals surface area contributed by atoms with E-state index in [0.717, 1.165) is 19.3 Å². The number of fused-ring (bicyclic) bond motifs is 2. The molecule has 3 heteroatoms. The zero-order chi connectivity index (χ0) is 10.1. The van der Waals surface area contributed by atoms with E-state index in [4.69, 9.17) is 11.0 Å². The molecule has 2 rings (SSSR count). The Hall–Kier alpha value is -0.590. The molecule has 0 aromatic rings. The van der Waals surface area contributed by atoms with Crippen LogP contribution >= 0.6 is 0 Å². The minimum Gasteiger partial charge on any atom is -0.328 e. The molecule has 3 unspecified atom stereocenters. The van der Waals surface area contributed by atoms with Gasteiger partial charge in [-0.25, -0.2) is 0 Å². The second kappa shape index (κ2) is 3.88. The van der Waals surface area contributed by atoms with Crippen molar-refractivity contribution in [3.8, 4) is 6.07 Å². The highest BCUT2D eigenvalue weighted by molar-refractivity contribution is 5.04. The van der Waals surface area contributed by atoms with Crippen molar-refractivity contribution in [2.45, 2.75) is 63.2 Å². The highest BCUT2D eigenvalue weighted by atomic mass is 15.2. The number of piperidine rings is 1. The summed E-state index contributed by atoms with van der Waals surface area (Å²) in [6.45, 7) is 2.10. The van der Waals surface area contributed by atoms with E-state index in [9.17, 15) is 0 Å². The van der Waals surface area contributed by atoms with E-state index >= 15 is 0 Å². The van der Waals surface area contributed by atoms with E-state index < -0.39 is 0 Å². The molecule has 0 amide bonds.